The van der Waals surface area contributed by atoms with Crippen LogP contribution in [0.2, 0.25) is 0 Å². The second-order valence-corrected chi connectivity index (χ2v) is 6.98. The first-order valence-corrected chi connectivity index (χ1v) is 8.71. The summed E-state index contributed by atoms with van der Waals surface area (Å²) >= 11 is 0. The summed E-state index contributed by atoms with van der Waals surface area (Å²) in [4.78, 5) is 16.8. The molecule has 0 aliphatic carbocycles. The molecule has 4 rings (SSSR count). The fraction of sp³-hybridized carbons (Fsp3) is 0.765. The van der Waals surface area contributed by atoms with Crippen LogP contribution in [0.15, 0.2) is 4.52 Å². The number of likely N-dealkylation sites (N-methyl/N-ethyl adjacent to an activating group) is 1. The number of hydrogen-bond acceptors (Lipinski definition) is 5. The molecule has 3 saturated heterocycles. The Morgan fingerprint density at radius 1 is 1.30 bits per heavy atom. The fourth-order valence-corrected chi connectivity index (χ4v) is 3.99. The average molecular weight is 320 g/mol. The Kier molecular flexibility index (Phi) is 5.02. The highest BCUT2D eigenvalue weighted by Crippen LogP contribution is 2.29. The summed E-state index contributed by atoms with van der Waals surface area (Å²) in [7, 11) is 0. The van der Waals surface area contributed by atoms with Gasteiger partial charge >= 0.3 is 0 Å². The first-order valence-electron chi connectivity index (χ1n) is 8.71. The van der Waals surface area contributed by atoms with E-state index in [0.717, 1.165) is 37.6 Å². The minimum absolute atomic E-state index is 0.150. The van der Waals surface area contributed by atoms with Crippen molar-refractivity contribution in [3.63, 3.8) is 0 Å². The number of carbonyl (C=O) groups is 1. The Morgan fingerprint density at radius 3 is 2.83 bits per heavy atom. The Hall–Kier alpha value is -1.40. The van der Waals surface area contributed by atoms with Gasteiger partial charge in [0.15, 0.2) is 0 Å². The van der Waals surface area contributed by atoms with Crippen molar-refractivity contribution >= 4 is 5.91 Å². The van der Waals surface area contributed by atoms with Crippen molar-refractivity contribution in [2.75, 3.05) is 32.7 Å². The van der Waals surface area contributed by atoms with Gasteiger partial charge in [-0.25, -0.2) is 0 Å². The lowest BCUT2D eigenvalue weighted by atomic mass is 9.95. The van der Waals surface area contributed by atoms with E-state index in [9.17, 15) is 4.79 Å². The predicted octanol–water partition coefficient (Wildman–Crippen LogP) is 1.32. The third kappa shape index (κ3) is 3.75. The topological polar surface area (TPSA) is 61.6 Å². The van der Waals surface area contributed by atoms with Crippen molar-refractivity contribution in [3.8, 4) is 0 Å². The molecule has 0 spiro atoms. The maximum atomic E-state index is 11.9. The highest BCUT2D eigenvalue weighted by atomic mass is 16.5. The van der Waals surface area contributed by atoms with E-state index < -0.39 is 0 Å². The average Bonchev–Trinajstić information content (AvgIpc) is 2.69. The Bertz CT molecular complexity index is 537. The summed E-state index contributed by atoms with van der Waals surface area (Å²) < 4.78 is 5.30. The van der Waals surface area contributed by atoms with Gasteiger partial charge in [-0.15, -0.1) is 0 Å². The van der Waals surface area contributed by atoms with Crippen molar-refractivity contribution in [3.05, 3.63) is 17.0 Å². The molecule has 1 aromatic rings. The summed E-state index contributed by atoms with van der Waals surface area (Å²) in [5.41, 5.74) is 2.22. The van der Waals surface area contributed by atoms with Crippen LogP contribution in [-0.4, -0.2) is 59.6 Å². The van der Waals surface area contributed by atoms with Gasteiger partial charge in [-0.05, 0) is 39.5 Å². The molecule has 23 heavy (non-hydrogen) atoms. The molecule has 6 heteroatoms. The standard InChI is InChI=1S/C17H28N4O2/c1-4-18-17(22)11-21-8-14-5-6-15(21)9-20(7-14)10-16-12(2)19-23-13(16)3/h14-15H,4-11H2,1-3H3,(H,18,22)/t14-,15+/m0/s1. The van der Waals surface area contributed by atoms with Gasteiger partial charge in [0, 0.05) is 44.3 Å². The number of nitrogens with zero attached hydrogens (tertiary/aromatic N) is 3. The van der Waals surface area contributed by atoms with Crippen LogP contribution < -0.4 is 5.32 Å². The number of aromatic nitrogens is 1. The number of carbonyl (C=O) groups excluding carboxylic acids is 1. The molecule has 0 aromatic carbocycles. The number of nitrogens with one attached hydrogen (secondary N) is 1. The number of amides is 1. The molecule has 1 N–H and O–H groups in total. The first kappa shape index (κ1) is 16.5. The highest BCUT2D eigenvalue weighted by molar-refractivity contribution is 5.78. The Labute approximate surface area is 138 Å². The zero-order chi connectivity index (χ0) is 16.4. The first-order chi connectivity index (χ1) is 11.1. The summed E-state index contributed by atoms with van der Waals surface area (Å²) in [5, 5.41) is 6.99. The molecule has 2 bridgehead atoms. The van der Waals surface area contributed by atoms with Crippen molar-refractivity contribution in [2.45, 2.75) is 46.2 Å². The predicted molar refractivity (Wildman–Crippen MR) is 88.0 cm³/mol. The molecule has 3 aliphatic rings. The van der Waals surface area contributed by atoms with Gasteiger partial charge < -0.3 is 9.84 Å². The molecule has 4 heterocycles. The van der Waals surface area contributed by atoms with Gasteiger partial charge in [-0.1, -0.05) is 5.16 Å². The van der Waals surface area contributed by atoms with Gasteiger partial charge in [0.05, 0.1) is 12.2 Å². The van der Waals surface area contributed by atoms with Crippen molar-refractivity contribution in [1.82, 2.24) is 20.3 Å². The van der Waals surface area contributed by atoms with Crippen molar-refractivity contribution in [2.24, 2.45) is 5.92 Å². The number of fused-ring (bicyclic) bond motifs is 4. The number of aryl methyl sites for hydroxylation is 2. The molecule has 3 aliphatic heterocycles. The number of piperidine rings is 1. The van der Waals surface area contributed by atoms with Crippen LogP contribution in [0.1, 0.15) is 36.8 Å². The van der Waals surface area contributed by atoms with E-state index in [1.54, 1.807) is 0 Å². The van der Waals surface area contributed by atoms with Crippen molar-refractivity contribution in [1.29, 1.82) is 0 Å². The van der Waals surface area contributed by atoms with Crippen molar-refractivity contribution < 1.29 is 9.32 Å². The molecular formula is C17H28N4O2. The third-order valence-corrected chi connectivity index (χ3v) is 5.19. The monoisotopic (exact) mass is 320 g/mol. The van der Waals surface area contributed by atoms with E-state index in [0.29, 0.717) is 25.0 Å². The lowest BCUT2D eigenvalue weighted by molar-refractivity contribution is -0.123. The van der Waals surface area contributed by atoms with E-state index in [2.05, 4.69) is 20.3 Å². The van der Waals surface area contributed by atoms with Gasteiger partial charge in [0.25, 0.3) is 0 Å². The van der Waals surface area contributed by atoms with Crippen LogP contribution in [0, 0.1) is 19.8 Å². The summed E-state index contributed by atoms with van der Waals surface area (Å²) in [6.07, 6.45) is 2.47. The maximum absolute atomic E-state index is 11.9. The fourth-order valence-electron chi connectivity index (χ4n) is 3.99. The van der Waals surface area contributed by atoms with E-state index in [-0.39, 0.29) is 5.91 Å². The minimum atomic E-state index is 0.150. The van der Waals surface area contributed by atoms with E-state index in [1.165, 1.54) is 18.4 Å². The summed E-state index contributed by atoms with van der Waals surface area (Å²) in [6.45, 7) is 11.3. The van der Waals surface area contributed by atoms with Crippen LogP contribution in [0.4, 0.5) is 0 Å². The molecule has 128 valence electrons. The molecule has 2 atom stereocenters. The second kappa shape index (κ2) is 7.01. The zero-order valence-electron chi connectivity index (χ0n) is 14.5. The van der Waals surface area contributed by atoms with Crippen LogP contribution in [0.5, 0.6) is 0 Å². The maximum Gasteiger partial charge on any atom is 0.234 e. The molecule has 1 amide bonds. The number of rotatable bonds is 5. The normalized spacial score (nSPS) is 25.5. The molecular weight excluding hydrogens is 292 g/mol. The third-order valence-electron chi connectivity index (χ3n) is 5.19. The largest absolute Gasteiger partial charge is 0.361 e. The Morgan fingerprint density at radius 2 is 2.13 bits per heavy atom. The SMILES string of the molecule is CCNC(=O)CN1C[C@H]2CC[C@@H]1CN(Cc1c(C)noc1C)C2. The minimum Gasteiger partial charge on any atom is -0.361 e. The smallest absolute Gasteiger partial charge is 0.234 e. The molecule has 0 radical (unpaired) electrons. The second-order valence-electron chi connectivity index (χ2n) is 6.98. The summed E-state index contributed by atoms with van der Waals surface area (Å²) in [6, 6.07) is 0.483. The van der Waals surface area contributed by atoms with E-state index in [1.807, 2.05) is 20.8 Å². The van der Waals surface area contributed by atoms with E-state index in [4.69, 9.17) is 4.52 Å². The number of hydrogen-bond donors (Lipinski definition) is 1. The molecule has 0 unspecified atom stereocenters. The molecule has 0 saturated carbocycles. The zero-order valence-corrected chi connectivity index (χ0v) is 14.5. The van der Waals surface area contributed by atoms with Gasteiger partial charge in [-0.2, -0.15) is 0 Å². The van der Waals surface area contributed by atoms with Gasteiger partial charge in [0.2, 0.25) is 5.91 Å². The molecule has 6 nitrogen and oxygen atoms in total. The van der Waals surface area contributed by atoms with Crippen LogP contribution in [0.3, 0.4) is 0 Å². The van der Waals surface area contributed by atoms with Crippen LogP contribution in [0.25, 0.3) is 0 Å². The van der Waals surface area contributed by atoms with Gasteiger partial charge in [0.1, 0.15) is 5.76 Å². The highest BCUT2D eigenvalue weighted by Gasteiger charge is 2.35. The lowest BCUT2D eigenvalue weighted by Gasteiger charge is -2.35. The lowest BCUT2D eigenvalue weighted by Crippen LogP contribution is -2.48. The quantitative estimate of drug-likeness (QED) is 0.887. The van der Waals surface area contributed by atoms with E-state index >= 15 is 0 Å². The molecule has 3 fully saturated rings. The van der Waals surface area contributed by atoms with Crippen LogP contribution in [-0.2, 0) is 11.3 Å². The summed E-state index contributed by atoms with van der Waals surface area (Å²) in [5.74, 6) is 1.74. The van der Waals surface area contributed by atoms with Gasteiger partial charge in [-0.3, -0.25) is 14.6 Å². The van der Waals surface area contributed by atoms with Crippen LogP contribution >= 0.6 is 0 Å². The Balaban J connectivity index is 1.65. The molecule has 1 aromatic heterocycles.